The average Bonchev–Trinajstić information content (AvgIpc) is 1.80. The van der Waals surface area contributed by atoms with Gasteiger partial charge in [-0.25, -0.2) is 8.78 Å². The third-order valence-electron chi connectivity index (χ3n) is 3.36. The van der Waals surface area contributed by atoms with E-state index >= 15 is 0 Å². The molecule has 2 N–H and O–H groups in total. The fourth-order valence-corrected chi connectivity index (χ4v) is 3.20. The first-order valence-electron chi connectivity index (χ1n) is 4.47. The maximum atomic E-state index is 12.6. The van der Waals surface area contributed by atoms with Crippen LogP contribution in [0.5, 0.6) is 0 Å². The molecule has 0 aliphatic heterocycles. The lowest BCUT2D eigenvalue weighted by molar-refractivity contribution is -0.225. The summed E-state index contributed by atoms with van der Waals surface area (Å²) in [6.07, 6.45) is 2.03. The van der Waals surface area contributed by atoms with E-state index in [1.165, 1.54) is 0 Å². The Kier molecular flexibility index (Phi) is 2.41. The first kappa shape index (κ1) is 11.2. The molecule has 0 bridgehead atoms. The van der Waals surface area contributed by atoms with E-state index in [9.17, 15) is 8.78 Å². The molecule has 2 saturated carbocycles. The minimum Gasteiger partial charge on any atom is -0.330 e. The highest BCUT2D eigenvalue weighted by Crippen LogP contribution is 2.68. The van der Waals surface area contributed by atoms with Crippen molar-refractivity contribution in [1.29, 1.82) is 0 Å². The minimum absolute atomic E-state index is 0. The van der Waals surface area contributed by atoms with Crippen LogP contribution < -0.4 is 5.73 Å². The van der Waals surface area contributed by atoms with Gasteiger partial charge < -0.3 is 5.73 Å². The van der Waals surface area contributed by atoms with Gasteiger partial charge in [-0.15, -0.1) is 12.4 Å². The molecule has 0 saturated heterocycles. The molecular formula is C9H16ClF2N. The standard InChI is InChI=1S/C9H15F2N.ClH/c1-7(6-12)2-8(3-7)4-9(10,11)5-8;/h2-6,12H2,1H3;1H. The highest BCUT2D eigenvalue weighted by Gasteiger charge is 2.64. The molecular weight excluding hydrogens is 196 g/mol. The van der Waals surface area contributed by atoms with Crippen molar-refractivity contribution < 1.29 is 8.78 Å². The Morgan fingerprint density at radius 1 is 1.15 bits per heavy atom. The Balaban J connectivity index is 0.000000845. The van der Waals surface area contributed by atoms with Crippen molar-refractivity contribution in [3.8, 4) is 0 Å². The SMILES string of the molecule is CC1(CN)CC2(CC(F)(F)C2)C1.Cl. The van der Waals surface area contributed by atoms with Crippen LogP contribution in [0.1, 0.15) is 32.6 Å². The Morgan fingerprint density at radius 2 is 1.62 bits per heavy atom. The fourth-order valence-electron chi connectivity index (χ4n) is 3.20. The van der Waals surface area contributed by atoms with Crippen LogP contribution >= 0.6 is 12.4 Å². The van der Waals surface area contributed by atoms with Crippen molar-refractivity contribution >= 4 is 12.4 Å². The summed E-state index contributed by atoms with van der Waals surface area (Å²) in [5.41, 5.74) is 5.70. The lowest BCUT2D eigenvalue weighted by atomic mass is 9.45. The van der Waals surface area contributed by atoms with E-state index in [-0.39, 0.29) is 36.1 Å². The number of rotatable bonds is 1. The lowest BCUT2D eigenvalue weighted by Gasteiger charge is -2.62. The molecule has 2 rings (SSSR count). The molecule has 1 spiro atoms. The van der Waals surface area contributed by atoms with Gasteiger partial charge in [0.25, 0.3) is 0 Å². The molecule has 1 nitrogen and oxygen atoms in total. The predicted molar refractivity (Wildman–Crippen MR) is 50.3 cm³/mol. The van der Waals surface area contributed by atoms with Crippen LogP contribution in [0.2, 0.25) is 0 Å². The zero-order chi connectivity index (χ0) is 9.04. The van der Waals surface area contributed by atoms with Gasteiger partial charge >= 0.3 is 0 Å². The normalized spacial score (nSPS) is 31.4. The molecule has 13 heavy (non-hydrogen) atoms. The van der Waals surface area contributed by atoms with Crippen LogP contribution in [0, 0.1) is 10.8 Å². The van der Waals surface area contributed by atoms with E-state index in [2.05, 4.69) is 6.92 Å². The van der Waals surface area contributed by atoms with Crippen LogP contribution in [0.15, 0.2) is 0 Å². The van der Waals surface area contributed by atoms with Crippen LogP contribution in [0.3, 0.4) is 0 Å². The highest BCUT2D eigenvalue weighted by molar-refractivity contribution is 5.85. The maximum Gasteiger partial charge on any atom is 0.249 e. The molecule has 0 heterocycles. The van der Waals surface area contributed by atoms with E-state index in [1.54, 1.807) is 0 Å². The first-order valence-corrected chi connectivity index (χ1v) is 4.47. The molecule has 0 aromatic rings. The molecule has 4 heteroatoms. The summed E-state index contributed by atoms with van der Waals surface area (Å²) in [7, 11) is 0. The van der Waals surface area contributed by atoms with E-state index < -0.39 is 5.92 Å². The number of alkyl halides is 2. The van der Waals surface area contributed by atoms with Crippen LogP contribution in [-0.4, -0.2) is 12.5 Å². The van der Waals surface area contributed by atoms with Crippen molar-refractivity contribution in [2.24, 2.45) is 16.6 Å². The van der Waals surface area contributed by atoms with Gasteiger partial charge in [0.1, 0.15) is 0 Å². The quantitative estimate of drug-likeness (QED) is 0.709. The highest BCUT2D eigenvalue weighted by atomic mass is 35.5. The predicted octanol–water partition coefficient (Wildman–Crippen LogP) is 2.58. The molecule has 2 fully saturated rings. The van der Waals surface area contributed by atoms with Gasteiger partial charge in [0.05, 0.1) is 0 Å². The van der Waals surface area contributed by atoms with Crippen molar-refractivity contribution in [2.75, 3.05) is 6.54 Å². The van der Waals surface area contributed by atoms with Crippen LogP contribution in [-0.2, 0) is 0 Å². The van der Waals surface area contributed by atoms with E-state index in [1.807, 2.05) is 0 Å². The zero-order valence-corrected chi connectivity index (χ0v) is 8.59. The zero-order valence-electron chi connectivity index (χ0n) is 7.78. The maximum absolute atomic E-state index is 12.6. The smallest absolute Gasteiger partial charge is 0.249 e. The van der Waals surface area contributed by atoms with Gasteiger partial charge in [-0.05, 0) is 30.2 Å². The number of halogens is 3. The van der Waals surface area contributed by atoms with Gasteiger partial charge in [-0.2, -0.15) is 0 Å². The van der Waals surface area contributed by atoms with Crippen molar-refractivity contribution in [2.45, 2.75) is 38.5 Å². The summed E-state index contributed by atoms with van der Waals surface area (Å²) in [6, 6.07) is 0. The van der Waals surface area contributed by atoms with Gasteiger partial charge in [0, 0.05) is 12.8 Å². The Morgan fingerprint density at radius 3 is 1.92 bits per heavy atom. The van der Waals surface area contributed by atoms with Crippen LogP contribution in [0.25, 0.3) is 0 Å². The van der Waals surface area contributed by atoms with Crippen molar-refractivity contribution in [3.63, 3.8) is 0 Å². The molecule has 2 aliphatic carbocycles. The second-order valence-corrected chi connectivity index (χ2v) is 5.08. The largest absolute Gasteiger partial charge is 0.330 e. The molecule has 0 aromatic heterocycles. The monoisotopic (exact) mass is 211 g/mol. The summed E-state index contributed by atoms with van der Waals surface area (Å²) in [6.45, 7) is 2.73. The van der Waals surface area contributed by atoms with Gasteiger partial charge in [0.2, 0.25) is 5.92 Å². The first-order chi connectivity index (χ1) is 5.39. The topological polar surface area (TPSA) is 26.0 Å². The third kappa shape index (κ3) is 1.68. The Bertz CT molecular complexity index is 202. The summed E-state index contributed by atoms with van der Waals surface area (Å²) in [5, 5.41) is 0. The minimum atomic E-state index is -2.37. The summed E-state index contributed by atoms with van der Waals surface area (Å²) < 4.78 is 25.2. The van der Waals surface area contributed by atoms with E-state index in [4.69, 9.17) is 5.73 Å². The van der Waals surface area contributed by atoms with Gasteiger partial charge in [-0.1, -0.05) is 6.92 Å². The second-order valence-electron chi connectivity index (χ2n) is 5.08. The van der Waals surface area contributed by atoms with Crippen molar-refractivity contribution in [3.05, 3.63) is 0 Å². The van der Waals surface area contributed by atoms with Crippen molar-refractivity contribution in [1.82, 2.24) is 0 Å². The Labute approximate surface area is 83.5 Å². The Hall–Kier alpha value is 0.110. The lowest BCUT2D eigenvalue weighted by Crippen LogP contribution is -2.59. The number of nitrogens with two attached hydrogens (primary N) is 1. The summed E-state index contributed by atoms with van der Waals surface area (Å²) in [4.78, 5) is 0. The fraction of sp³-hybridized carbons (Fsp3) is 1.00. The molecule has 0 unspecified atom stereocenters. The van der Waals surface area contributed by atoms with Crippen LogP contribution in [0.4, 0.5) is 8.78 Å². The summed E-state index contributed by atoms with van der Waals surface area (Å²) in [5.74, 6) is -2.37. The van der Waals surface area contributed by atoms with Gasteiger partial charge in [-0.3, -0.25) is 0 Å². The molecule has 0 aromatic carbocycles. The molecule has 78 valence electrons. The van der Waals surface area contributed by atoms with E-state index in [0.29, 0.717) is 6.54 Å². The third-order valence-corrected chi connectivity index (χ3v) is 3.36. The molecule has 0 radical (unpaired) electrons. The second kappa shape index (κ2) is 2.80. The molecule has 0 atom stereocenters. The average molecular weight is 212 g/mol. The molecule has 2 aliphatic rings. The van der Waals surface area contributed by atoms with E-state index in [0.717, 1.165) is 12.8 Å². The van der Waals surface area contributed by atoms with Gasteiger partial charge in [0.15, 0.2) is 0 Å². The number of hydrogen-bond acceptors (Lipinski definition) is 1. The molecule has 0 amide bonds. The number of hydrogen-bond donors (Lipinski definition) is 1. The summed E-state index contributed by atoms with van der Waals surface area (Å²) >= 11 is 0.